The van der Waals surface area contributed by atoms with Crippen LogP contribution < -0.4 is 10.6 Å². The van der Waals surface area contributed by atoms with Gasteiger partial charge in [-0.3, -0.25) is 9.48 Å². The molecule has 24 heavy (non-hydrogen) atoms. The van der Waals surface area contributed by atoms with Gasteiger partial charge in [0, 0.05) is 19.7 Å². The summed E-state index contributed by atoms with van der Waals surface area (Å²) < 4.78 is 1.80. The number of aryl methyl sites for hydroxylation is 1. The number of aromatic nitrogens is 2. The fraction of sp³-hybridized carbons (Fsp3) is 0.778. The number of amides is 1. The monoisotopic (exact) mass is 354 g/mol. The molecule has 2 heterocycles. The van der Waals surface area contributed by atoms with Gasteiger partial charge in [0.15, 0.2) is 0 Å². The van der Waals surface area contributed by atoms with Crippen molar-refractivity contribution in [2.75, 3.05) is 18.4 Å². The summed E-state index contributed by atoms with van der Waals surface area (Å²) in [6.45, 7) is 8.41. The fourth-order valence-corrected chi connectivity index (χ4v) is 4.20. The number of nitrogens with zero attached hydrogens (tertiary/aromatic N) is 2. The van der Waals surface area contributed by atoms with Gasteiger partial charge in [-0.1, -0.05) is 33.6 Å². The van der Waals surface area contributed by atoms with Crippen LogP contribution >= 0.6 is 12.4 Å². The van der Waals surface area contributed by atoms with E-state index in [-0.39, 0.29) is 29.1 Å². The van der Waals surface area contributed by atoms with Crippen molar-refractivity contribution in [2.24, 2.45) is 23.8 Å². The van der Waals surface area contributed by atoms with Gasteiger partial charge in [-0.05, 0) is 37.1 Å². The van der Waals surface area contributed by atoms with Crippen molar-refractivity contribution >= 4 is 24.1 Å². The van der Waals surface area contributed by atoms with E-state index >= 15 is 0 Å². The summed E-state index contributed by atoms with van der Waals surface area (Å²) >= 11 is 0. The lowest BCUT2D eigenvalue weighted by atomic mass is 9.67. The van der Waals surface area contributed by atoms with E-state index in [4.69, 9.17) is 0 Å². The molecule has 2 aliphatic rings. The van der Waals surface area contributed by atoms with Crippen LogP contribution in [0.3, 0.4) is 0 Å². The van der Waals surface area contributed by atoms with Crippen LogP contribution in [0.1, 0.15) is 52.1 Å². The fourth-order valence-electron chi connectivity index (χ4n) is 4.20. The molecule has 0 radical (unpaired) electrons. The first-order valence-corrected chi connectivity index (χ1v) is 8.85. The number of hydrogen-bond acceptors (Lipinski definition) is 3. The van der Waals surface area contributed by atoms with Crippen molar-refractivity contribution in [1.82, 2.24) is 15.1 Å². The van der Waals surface area contributed by atoms with Crippen LogP contribution in [0.25, 0.3) is 0 Å². The molecule has 1 saturated carbocycles. The molecular weight excluding hydrogens is 324 g/mol. The molecule has 1 amide bonds. The lowest BCUT2D eigenvalue weighted by Gasteiger charge is -2.37. The number of halogens is 1. The molecule has 2 fully saturated rings. The third-order valence-corrected chi connectivity index (χ3v) is 5.37. The van der Waals surface area contributed by atoms with Crippen molar-refractivity contribution < 1.29 is 4.79 Å². The van der Waals surface area contributed by atoms with E-state index in [0.717, 1.165) is 43.9 Å². The quantitative estimate of drug-likeness (QED) is 0.876. The molecule has 2 atom stereocenters. The Morgan fingerprint density at radius 3 is 2.92 bits per heavy atom. The Kier molecular flexibility index (Phi) is 5.65. The number of carbonyl (C=O) groups excluding carboxylic acids is 1. The van der Waals surface area contributed by atoms with Crippen molar-refractivity contribution in [2.45, 2.75) is 52.9 Å². The van der Waals surface area contributed by atoms with Gasteiger partial charge in [-0.25, -0.2) is 0 Å². The largest absolute Gasteiger partial charge is 0.315 e. The van der Waals surface area contributed by atoms with Gasteiger partial charge in [0.1, 0.15) is 5.82 Å². The van der Waals surface area contributed by atoms with Gasteiger partial charge >= 0.3 is 0 Å². The molecule has 5 nitrogen and oxygen atoms in total. The summed E-state index contributed by atoms with van der Waals surface area (Å²) in [5, 5.41) is 11.2. The minimum Gasteiger partial charge on any atom is -0.315 e. The maximum absolute atomic E-state index is 13.0. The molecule has 0 bridgehead atoms. The SMILES string of the molecule is Cl.Cn1nc(CC(C)(C)C)cc1NC(=O)[C@@]12CCCC[C@H]1CNC2. The number of anilines is 1. The van der Waals surface area contributed by atoms with E-state index in [9.17, 15) is 4.79 Å². The predicted octanol–water partition coefficient (Wildman–Crippen LogP) is 3.15. The Morgan fingerprint density at radius 1 is 1.46 bits per heavy atom. The van der Waals surface area contributed by atoms with E-state index in [1.54, 1.807) is 4.68 Å². The van der Waals surface area contributed by atoms with Crippen molar-refractivity contribution in [3.63, 3.8) is 0 Å². The Labute approximate surface area is 151 Å². The second-order valence-corrected chi connectivity index (χ2v) is 8.57. The Bertz CT molecular complexity index is 592. The van der Waals surface area contributed by atoms with E-state index in [1.807, 2.05) is 13.1 Å². The zero-order valence-electron chi connectivity index (χ0n) is 15.3. The van der Waals surface area contributed by atoms with Gasteiger partial charge in [-0.15, -0.1) is 12.4 Å². The van der Waals surface area contributed by atoms with E-state index < -0.39 is 0 Å². The average Bonchev–Trinajstić information content (AvgIpc) is 3.02. The van der Waals surface area contributed by atoms with Crippen LogP contribution in [0.4, 0.5) is 5.82 Å². The van der Waals surface area contributed by atoms with E-state index in [0.29, 0.717) is 5.92 Å². The maximum atomic E-state index is 13.0. The number of nitrogens with one attached hydrogen (secondary N) is 2. The summed E-state index contributed by atoms with van der Waals surface area (Å²) in [6, 6.07) is 2.03. The van der Waals surface area contributed by atoms with Gasteiger partial charge in [-0.2, -0.15) is 5.10 Å². The molecule has 1 aliphatic carbocycles. The molecule has 0 unspecified atom stereocenters. The van der Waals surface area contributed by atoms with Gasteiger partial charge < -0.3 is 10.6 Å². The molecule has 0 aromatic carbocycles. The van der Waals surface area contributed by atoms with Crippen LogP contribution in [0.5, 0.6) is 0 Å². The normalized spacial score (nSPS) is 26.6. The lowest BCUT2D eigenvalue weighted by Crippen LogP contribution is -2.44. The summed E-state index contributed by atoms with van der Waals surface area (Å²) in [7, 11) is 1.91. The van der Waals surface area contributed by atoms with Crippen molar-refractivity contribution in [1.29, 1.82) is 0 Å². The van der Waals surface area contributed by atoms with Crippen LogP contribution in [-0.4, -0.2) is 28.8 Å². The molecule has 136 valence electrons. The molecule has 2 N–H and O–H groups in total. The molecule has 1 saturated heterocycles. The molecule has 6 heteroatoms. The highest BCUT2D eigenvalue weighted by Crippen LogP contribution is 2.44. The van der Waals surface area contributed by atoms with Crippen LogP contribution in [0.15, 0.2) is 6.07 Å². The topological polar surface area (TPSA) is 59.0 Å². The zero-order chi connectivity index (χ0) is 16.7. The highest BCUT2D eigenvalue weighted by atomic mass is 35.5. The van der Waals surface area contributed by atoms with Gasteiger partial charge in [0.05, 0.1) is 11.1 Å². The molecule has 1 aromatic heterocycles. The third-order valence-electron chi connectivity index (χ3n) is 5.37. The van der Waals surface area contributed by atoms with Crippen LogP contribution in [-0.2, 0) is 18.3 Å². The Morgan fingerprint density at radius 2 is 2.21 bits per heavy atom. The highest BCUT2D eigenvalue weighted by molar-refractivity contribution is 5.95. The average molecular weight is 355 g/mol. The molecule has 1 aliphatic heterocycles. The molecule has 0 spiro atoms. The Balaban J connectivity index is 0.00000208. The minimum atomic E-state index is -0.216. The molecule has 3 rings (SSSR count). The minimum absolute atomic E-state index is 0. The Hall–Kier alpha value is -1.07. The number of rotatable bonds is 3. The first-order valence-electron chi connectivity index (χ1n) is 8.85. The van der Waals surface area contributed by atoms with E-state index in [2.05, 4.69) is 36.5 Å². The maximum Gasteiger partial charge on any atom is 0.233 e. The lowest BCUT2D eigenvalue weighted by molar-refractivity contribution is -0.128. The zero-order valence-corrected chi connectivity index (χ0v) is 16.1. The standard InChI is InChI=1S/C18H30N4O.ClH/c1-17(2,3)10-14-9-15(22(4)21-14)20-16(23)18-8-6-5-7-13(18)11-19-12-18;/h9,13,19H,5-8,10-12H2,1-4H3,(H,20,23);1H/t13-,18+;/m0./s1. The van der Waals surface area contributed by atoms with E-state index in [1.165, 1.54) is 12.8 Å². The van der Waals surface area contributed by atoms with Crippen LogP contribution in [0, 0.1) is 16.7 Å². The first-order chi connectivity index (χ1) is 10.8. The van der Waals surface area contributed by atoms with Crippen molar-refractivity contribution in [3.05, 3.63) is 11.8 Å². The second kappa shape index (κ2) is 7.04. The number of carbonyl (C=O) groups is 1. The molecule has 1 aromatic rings. The molecular formula is C18H31ClN4O. The highest BCUT2D eigenvalue weighted by Gasteiger charge is 2.49. The summed E-state index contributed by atoms with van der Waals surface area (Å²) in [4.78, 5) is 13.0. The third kappa shape index (κ3) is 3.77. The smallest absolute Gasteiger partial charge is 0.233 e. The number of hydrogen-bond donors (Lipinski definition) is 2. The predicted molar refractivity (Wildman–Crippen MR) is 99.5 cm³/mol. The van der Waals surface area contributed by atoms with Crippen molar-refractivity contribution in [3.8, 4) is 0 Å². The number of fused-ring (bicyclic) bond motifs is 1. The second-order valence-electron chi connectivity index (χ2n) is 8.57. The summed E-state index contributed by atoms with van der Waals surface area (Å²) in [6.07, 6.45) is 5.49. The van der Waals surface area contributed by atoms with Crippen LogP contribution in [0.2, 0.25) is 0 Å². The summed E-state index contributed by atoms with van der Waals surface area (Å²) in [5.41, 5.74) is 1.02. The summed E-state index contributed by atoms with van der Waals surface area (Å²) in [5.74, 6) is 1.48. The first kappa shape index (κ1) is 19.3. The van der Waals surface area contributed by atoms with Gasteiger partial charge in [0.25, 0.3) is 0 Å². The van der Waals surface area contributed by atoms with Gasteiger partial charge in [0.2, 0.25) is 5.91 Å².